The van der Waals surface area contributed by atoms with Gasteiger partial charge in [-0.05, 0) is 59.2 Å². The van der Waals surface area contributed by atoms with E-state index >= 15 is 0 Å². The first-order valence-electron chi connectivity index (χ1n) is 11.1. The summed E-state index contributed by atoms with van der Waals surface area (Å²) in [5, 5.41) is 9.09. The van der Waals surface area contributed by atoms with Gasteiger partial charge in [0.05, 0.1) is 0 Å². The van der Waals surface area contributed by atoms with E-state index in [1.54, 1.807) is 36.4 Å². The summed E-state index contributed by atoms with van der Waals surface area (Å²) < 4.78 is 35.9. The lowest BCUT2D eigenvalue weighted by Crippen LogP contribution is -2.25. The molecule has 8 heteroatoms. The van der Waals surface area contributed by atoms with Crippen molar-refractivity contribution in [1.29, 1.82) is 0 Å². The number of hydrogen-bond acceptors (Lipinski definition) is 6. The molecule has 0 amide bonds. The van der Waals surface area contributed by atoms with Crippen LogP contribution < -0.4 is 8.37 Å². The molecule has 34 heavy (non-hydrogen) atoms. The van der Waals surface area contributed by atoms with Crippen LogP contribution in [0.3, 0.4) is 0 Å². The van der Waals surface area contributed by atoms with Gasteiger partial charge in [-0.2, -0.15) is 0 Å². The lowest BCUT2D eigenvalue weighted by molar-refractivity contribution is 0.284. The van der Waals surface area contributed by atoms with Crippen molar-refractivity contribution in [3.8, 4) is 17.2 Å². The first kappa shape index (κ1) is 23.8. The smallest absolute Gasteiger partial charge is 0.353 e. The first-order chi connectivity index (χ1) is 15.9. The van der Waals surface area contributed by atoms with Crippen LogP contribution in [0.2, 0.25) is 0 Å². The molecule has 0 spiro atoms. The van der Waals surface area contributed by atoms with E-state index in [0.717, 1.165) is 12.0 Å². The molecule has 0 aliphatic carbocycles. The van der Waals surface area contributed by atoms with Crippen molar-refractivity contribution in [3.05, 3.63) is 78.4 Å². The van der Waals surface area contributed by atoms with Gasteiger partial charge in [0.1, 0.15) is 22.5 Å². The van der Waals surface area contributed by atoms with Gasteiger partial charge in [-0.3, -0.25) is 0 Å². The minimum atomic E-state index is -4.39. The van der Waals surface area contributed by atoms with Crippen LogP contribution in [0.4, 0.5) is 0 Å². The number of para-hydroxylation sites is 1. The van der Waals surface area contributed by atoms with Crippen LogP contribution in [0.1, 0.15) is 46.6 Å². The fourth-order valence-electron chi connectivity index (χ4n) is 4.28. The Balaban J connectivity index is 1.78. The molecule has 1 aromatic heterocycles. The van der Waals surface area contributed by atoms with E-state index in [1.807, 2.05) is 36.4 Å². The molecule has 0 saturated carbocycles. The zero-order valence-corrected chi connectivity index (χ0v) is 20.8. The van der Waals surface area contributed by atoms with Crippen LogP contribution >= 0.6 is 0 Å². The fraction of sp³-hybridized carbons (Fsp3) is 0.308. The summed E-state index contributed by atoms with van der Waals surface area (Å²) in [6, 6.07) is 21.1. The fourth-order valence-corrected chi connectivity index (χ4v) is 5.02. The topological polar surface area (TPSA) is 83.3 Å². The zero-order valence-electron chi connectivity index (χ0n) is 20.0. The van der Waals surface area contributed by atoms with Gasteiger partial charge in [0, 0.05) is 0 Å². The molecular weight excluding hydrogens is 450 g/mol. The standard InChI is InChI=1S/C26H29N3O4S/c1-25(2,3)18-26(4,5)19-15-16-24(33-34(30,31)32-20-11-7-6-8-12-20)23(17-19)29-27-21-13-9-10-14-22(21)28-29/h6-17H,18H2,1-5H3. The van der Waals surface area contributed by atoms with E-state index in [4.69, 9.17) is 8.37 Å². The Morgan fingerprint density at radius 1 is 0.794 bits per heavy atom. The third kappa shape index (κ3) is 5.56. The van der Waals surface area contributed by atoms with E-state index in [9.17, 15) is 8.42 Å². The van der Waals surface area contributed by atoms with E-state index < -0.39 is 10.4 Å². The Kier molecular flexibility index (Phi) is 6.12. The maximum atomic E-state index is 12.7. The lowest BCUT2D eigenvalue weighted by atomic mass is 9.72. The summed E-state index contributed by atoms with van der Waals surface area (Å²) >= 11 is 0. The summed E-state index contributed by atoms with van der Waals surface area (Å²) in [6.07, 6.45) is 0.920. The summed E-state index contributed by atoms with van der Waals surface area (Å²) in [7, 11) is -4.39. The molecule has 4 aromatic rings. The molecule has 0 aliphatic rings. The van der Waals surface area contributed by atoms with Gasteiger partial charge < -0.3 is 8.37 Å². The minimum Gasteiger partial charge on any atom is -0.353 e. The van der Waals surface area contributed by atoms with Gasteiger partial charge in [-0.25, -0.2) is 0 Å². The number of rotatable bonds is 7. The molecular formula is C26H29N3O4S. The second-order valence-electron chi connectivity index (χ2n) is 10.2. The predicted molar refractivity (Wildman–Crippen MR) is 133 cm³/mol. The molecule has 0 bridgehead atoms. The summed E-state index contributed by atoms with van der Waals surface area (Å²) in [5.74, 6) is 0.237. The van der Waals surface area contributed by atoms with Crippen LogP contribution in [0.5, 0.6) is 11.5 Å². The molecule has 3 aromatic carbocycles. The monoisotopic (exact) mass is 479 g/mol. The molecule has 0 aliphatic heterocycles. The van der Waals surface area contributed by atoms with Crippen molar-refractivity contribution in [2.75, 3.05) is 0 Å². The highest BCUT2D eigenvalue weighted by molar-refractivity contribution is 7.82. The van der Waals surface area contributed by atoms with Crippen molar-refractivity contribution < 1.29 is 16.8 Å². The van der Waals surface area contributed by atoms with Crippen LogP contribution in [0, 0.1) is 5.41 Å². The maximum absolute atomic E-state index is 12.7. The zero-order chi connectivity index (χ0) is 24.6. The lowest BCUT2D eigenvalue weighted by Gasteiger charge is -2.33. The molecule has 0 unspecified atom stereocenters. The average Bonchev–Trinajstić information content (AvgIpc) is 3.16. The Hall–Kier alpha value is -3.39. The number of hydrogen-bond donors (Lipinski definition) is 0. The van der Waals surface area contributed by atoms with Gasteiger partial charge >= 0.3 is 10.4 Å². The first-order valence-corrected chi connectivity index (χ1v) is 12.4. The molecule has 0 N–H and O–H groups in total. The second kappa shape index (κ2) is 8.76. The quantitative estimate of drug-likeness (QED) is 0.331. The van der Waals surface area contributed by atoms with Gasteiger partial charge in [0.2, 0.25) is 0 Å². The highest BCUT2D eigenvalue weighted by Gasteiger charge is 2.29. The summed E-state index contributed by atoms with van der Waals surface area (Å²) in [6.45, 7) is 10.9. The van der Waals surface area contributed by atoms with Crippen LogP contribution in [0.15, 0.2) is 72.8 Å². The molecule has 178 valence electrons. The van der Waals surface area contributed by atoms with Crippen LogP contribution in [0.25, 0.3) is 16.7 Å². The SMILES string of the molecule is CC(C)(C)CC(C)(C)c1ccc(OS(=O)(=O)Oc2ccccc2)c(-n2nc3ccccc3n2)c1. The Morgan fingerprint density at radius 3 is 1.97 bits per heavy atom. The van der Waals surface area contributed by atoms with Gasteiger partial charge in [-0.15, -0.1) is 23.4 Å². The number of fused-ring (bicyclic) bond motifs is 1. The molecule has 1 heterocycles. The predicted octanol–water partition coefficient (Wildman–Crippen LogP) is 5.84. The summed E-state index contributed by atoms with van der Waals surface area (Å²) in [5.41, 5.74) is 2.73. The molecule has 7 nitrogen and oxygen atoms in total. The van der Waals surface area contributed by atoms with Crippen molar-refractivity contribution in [2.45, 2.75) is 46.5 Å². The number of nitrogens with zero attached hydrogens (tertiary/aromatic N) is 3. The average molecular weight is 480 g/mol. The Morgan fingerprint density at radius 2 is 1.38 bits per heavy atom. The van der Waals surface area contributed by atoms with E-state index in [2.05, 4.69) is 44.8 Å². The minimum absolute atomic E-state index is 0.0755. The Bertz CT molecular complexity index is 1370. The maximum Gasteiger partial charge on any atom is 0.501 e. The second-order valence-corrected chi connectivity index (χ2v) is 11.3. The molecule has 0 saturated heterocycles. The molecule has 0 atom stereocenters. The third-order valence-electron chi connectivity index (χ3n) is 5.35. The highest BCUT2D eigenvalue weighted by Crippen LogP contribution is 2.38. The van der Waals surface area contributed by atoms with E-state index in [0.29, 0.717) is 16.7 Å². The third-order valence-corrected chi connectivity index (χ3v) is 6.13. The molecule has 4 rings (SSSR count). The molecule has 0 radical (unpaired) electrons. The van der Waals surface area contributed by atoms with Crippen molar-refractivity contribution in [3.63, 3.8) is 0 Å². The van der Waals surface area contributed by atoms with E-state index in [-0.39, 0.29) is 22.3 Å². The Labute approximate surface area is 200 Å². The van der Waals surface area contributed by atoms with Crippen molar-refractivity contribution in [2.24, 2.45) is 5.41 Å². The van der Waals surface area contributed by atoms with Crippen LogP contribution in [-0.2, 0) is 15.8 Å². The van der Waals surface area contributed by atoms with Gasteiger partial charge in [0.15, 0.2) is 5.75 Å². The van der Waals surface area contributed by atoms with Crippen molar-refractivity contribution >= 4 is 21.4 Å². The van der Waals surface area contributed by atoms with Gasteiger partial charge in [-0.1, -0.05) is 71.0 Å². The van der Waals surface area contributed by atoms with Crippen molar-refractivity contribution in [1.82, 2.24) is 15.0 Å². The largest absolute Gasteiger partial charge is 0.501 e. The highest BCUT2D eigenvalue weighted by atomic mass is 32.3. The summed E-state index contributed by atoms with van der Waals surface area (Å²) in [4.78, 5) is 1.41. The normalized spacial score (nSPS) is 12.6. The number of benzene rings is 3. The van der Waals surface area contributed by atoms with Crippen LogP contribution in [-0.4, -0.2) is 23.4 Å². The van der Waals surface area contributed by atoms with Gasteiger partial charge in [0.25, 0.3) is 0 Å². The number of aromatic nitrogens is 3. The van der Waals surface area contributed by atoms with E-state index in [1.165, 1.54) is 4.80 Å². The molecule has 0 fully saturated rings.